The Morgan fingerprint density at radius 3 is 2.47 bits per heavy atom. The minimum Gasteiger partial charge on any atom is -0.342 e. The van der Waals surface area contributed by atoms with Gasteiger partial charge in [0.15, 0.2) is 9.84 Å². The maximum atomic E-state index is 12.0. The highest BCUT2D eigenvalue weighted by Gasteiger charge is 2.38. The lowest BCUT2D eigenvalue weighted by Crippen LogP contribution is -2.46. The molecular formula is C13H24N2O3S. The molecule has 2 aliphatic heterocycles. The molecule has 0 aliphatic carbocycles. The van der Waals surface area contributed by atoms with Gasteiger partial charge in [-0.1, -0.05) is 6.92 Å². The summed E-state index contributed by atoms with van der Waals surface area (Å²) in [7, 11) is -3.21. The van der Waals surface area contributed by atoms with Gasteiger partial charge in [0.1, 0.15) is 5.75 Å². The van der Waals surface area contributed by atoms with Gasteiger partial charge in [-0.05, 0) is 37.6 Å². The van der Waals surface area contributed by atoms with Gasteiger partial charge < -0.3 is 10.2 Å². The molecule has 0 aromatic rings. The van der Waals surface area contributed by atoms with E-state index in [-0.39, 0.29) is 17.4 Å². The molecule has 0 radical (unpaired) electrons. The summed E-state index contributed by atoms with van der Waals surface area (Å²) in [4.78, 5) is 13.8. The summed E-state index contributed by atoms with van der Waals surface area (Å²) in [5.74, 6) is -0.416. The molecule has 2 saturated heterocycles. The normalized spacial score (nSPS) is 22.9. The Morgan fingerprint density at radius 2 is 1.95 bits per heavy atom. The van der Waals surface area contributed by atoms with E-state index in [2.05, 4.69) is 5.32 Å². The number of amides is 1. The second-order valence-corrected chi connectivity index (χ2v) is 8.08. The van der Waals surface area contributed by atoms with Crippen LogP contribution in [0.1, 0.15) is 32.6 Å². The Balaban J connectivity index is 1.85. The van der Waals surface area contributed by atoms with E-state index in [1.54, 1.807) is 4.90 Å². The lowest BCUT2D eigenvalue weighted by Gasteiger charge is -2.38. The summed E-state index contributed by atoms with van der Waals surface area (Å²) in [6, 6.07) is 0. The van der Waals surface area contributed by atoms with Crippen molar-refractivity contribution in [1.29, 1.82) is 0 Å². The Hall–Kier alpha value is -0.620. The van der Waals surface area contributed by atoms with Gasteiger partial charge in [0.2, 0.25) is 5.91 Å². The van der Waals surface area contributed by atoms with Gasteiger partial charge >= 0.3 is 0 Å². The molecule has 6 heteroatoms. The molecule has 110 valence electrons. The van der Waals surface area contributed by atoms with Crippen LogP contribution in [0.25, 0.3) is 0 Å². The second-order valence-electron chi connectivity index (χ2n) is 5.90. The standard InChI is InChI=1S/C13H24N2O3S/c1-2-9-19(17,18)10-12(16)15-7-4-13(5-8-15)3-6-14-11-13/h14H,2-11H2,1H3. The average Bonchev–Trinajstić information content (AvgIpc) is 2.77. The molecule has 19 heavy (non-hydrogen) atoms. The Bertz CT molecular complexity index is 417. The van der Waals surface area contributed by atoms with Crippen molar-refractivity contribution >= 4 is 15.7 Å². The van der Waals surface area contributed by atoms with Gasteiger partial charge in [0, 0.05) is 19.6 Å². The Morgan fingerprint density at radius 1 is 1.26 bits per heavy atom. The molecule has 0 aromatic carbocycles. The van der Waals surface area contributed by atoms with Crippen LogP contribution in [0, 0.1) is 5.41 Å². The van der Waals surface area contributed by atoms with E-state index in [1.807, 2.05) is 6.92 Å². The van der Waals surface area contributed by atoms with Gasteiger partial charge in [-0.25, -0.2) is 8.42 Å². The fourth-order valence-corrected chi connectivity index (χ4v) is 4.44. The van der Waals surface area contributed by atoms with Crippen molar-refractivity contribution < 1.29 is 13.2 Å². The number of carbonyl (C=O) groups is 1. The van der Waals surface area contributed by atoms with Crippen molar-refractivity contribution in [1.82, 2.24) is 10.2 Å². The molecule has 0 saturated carbocycles. The van der Waals surface area contributed by atoms with Crippen LogP contribution in [-0.2, 0) is 14.6 Å². The maximum Gasteiger partial charge on any atom is 0.237 e. The molecule has 0 bridgehead atoms. The van der Waals surface area contributed by atoms with Crippen molar-refractivity contribution in [3.05, 3.63) is 0 Å². The van der Waals surface area contributed by atoms with E-state index in [9.17, 15) is 13.2 Å². The van der Waals surface area contributed by atoms with Crippen LogP contribution in [0.2, 0.25) is 0 Å². The zero-order chi connectivity index (χ0) is 13.9. The number of nitrogens with zero attached hydrogens (tertiary/aromatic N) is 1. The molecule has 0 unspecified atom stereocenters. The molecule has 1 spiro atoms. The molecule has 1 N–H and O–H groups in total. The first kappa shape index (κ1) is 14.8. The van der Waals surface area contributed by atoms with E-state index < -0.39 is 9.84 Å². The molecule has 5 nitrogen and oxygen atoms in total. The van der Waals surface area contributed by atoms with E-state index >= 15 is 0 Å². The highest BCUT2D eigenvalue weighted by molar-refractivity contribution is 7.92. The average molecular weight is 288 g/mol. The van der Waals surface area contributed by atoms with E-state index in [0.29, 0.717) is 24.9 Å². The first-order chi connectivity index (χ1) is 8.96. The monoisotopic (exact) mass is 288 g/mol. The van der Waals surface area contributed by atoms with Gasteiger partial charge in [-0.2, -0.15) is 0 Å². The predicted molar refractivity (Wildman–Crippen MR) is 74.7 cm³/mol. The van der Waals surface area contributed by atoms with Crippen LogP contribution < -0.4 is 5.32 Å². The molecule has 0 aromatic heterocycles. The topological polar surface area (TPSA) is 66.5 Å². The van der Waals surface area contributed by atoms with Crippen molar-refractivity contribution in [3.8, 4) is 0 Å². The number of nitrogens with one attached hydrogen (secondary N) is 1. The molecule has 1 amide bonds. The Labute approximate surface area is 115 Å². The SMILES string of the molecule is CCCS(=O)(=O)CC(=O)N1CCC2(CCNC2)CC1. The van der Waals surface area contributed by atoms with Crippen LogP contribution in [-0.4, -0.2) is 56.9 Å². The lowest BCUT2D eigenvalue weighted by molar-refractivity contribution is -0.130. The zero-order valence-electron chi connectivity index (χ0n) is 11.7. The number of hydrogen-bond donors (Lipinski definition) is 1. The van der Waals surface area contributed by atoms with Gasteiger partial charge in [0.05, 0.1) is 5.75 Å². The van der Waals surface area contributed by atoms with Gasteiger partial charge in [0.25, 0.3) is 0 Å². The van der Waals surface area contributed by atoms with Crippen LogP contribution in [0.3, 0.4) is 0 Å². The number of carbonyl (C=O) groups excluding carboxylic acids is 1. The van der Waals surface area contributed by atoms with E-state index in [1.165, 1.54) is 6.42 Å². The highest BCUT2D eigenvalue weighted by atomic mass is 32.2. The highest BCUT2D eigenvalue weighted by Crippen LogP contribution is 2.36. The van der Waals surface area contributed by atoms with Crippen LogP contribution >= 0.6 is 0 Å². The molecule has 2 aliphatic rings. The van der Waals surface area contributed by atoms with Crippen LogP contribution in [0.15, 0.2) is 0 Å². The third-order valence-electron chi connectivity index (χ3n) is 4.37. The van der Waals surface area contributed by atoms with E-state index in [0.717, 1.165) is 25.9 Å². The molecule has 2 rings (SSSR count). The molecule has 2 heterocycles. The zero-order valence-corrected chi connectivity index (χ0v) is 12.5. The van der Waals surface area contributed by atoms with Crippen LogP contribution in [0.5, 0.6) is 0 Å². The molecular weight excluding hydrogens is 264 g/mol. The van der Waals surface area contributed by atoms with E-state index in [4.69, 9.17) is 0 Å². The quantitative estimate of drug-likeness (QED) is 0.814. The van der Waals surface area contributed by atoms with Crippen molar-refractivity contribution in [3.63, 3.8) is 0 Å². The first-order valence-corrected chi connectivity index (χ1v) is 8.97. The third kappa shape index (κ3) is 3.69. The molecule has 2 fully saturated rings. The summed E-state index contributed by atoms with van der Waals surface area (Å²) < 4.78 is 23.4. The largest absolute Gasteiger partial charge is 0.342 e. The summed E-state index contributed by atoms with van der Waals surface area (Å²) >= 11 is 0. The summed E-state index contributed by atoms with van der Waals surface area (Å²) in [6.07, 6.45) is 3.76. The predicted octanol–water partition coefficient (Wildman–Crippen LogP) is 0.413. The minimum absolute atomic E-state index is 0.112. The first-order valence-electron chi connectivity index (χ1n) is 7.15. The Kier molecular flexibility index (Phi) is 4.50. The number of rotatable bonds is 4. The summed E-state index contributed by atoms with van der Waals surface area (Å²) in [5.41, 5.74) is 0.360. The van der Waals surface area contributed by atoms with Crippen LogP contribution in [0.4, 0.5) is 0 Å². The second kappa shape index (κ2) is 5.79. The van der Waals surface area contributed by atoms with Crippen molar-refractivity contribution in [2.24, 2.45) is 5.41 Å². The summed E-state index contributed by atoms with van der Waals surface area (Å²) in [5, 5.41) is 3.38. The number of sulfone groups is 1. The fourth-order valence-electron chi connectivity index (χ4n) is 3.12. The van der Waals surface area contributed by atoms with Gasteiger partial charge in [-0.15, -0.1) is 0 Å². The number of hydrogen-bond acceptors (Lipinski definition) is 4. The number of piperidine rings is 1. The lowest BCUT2D eigenvalue weighted by atomic mass is 9.78. The van der Waals surface area contributed by atoms with Crippen molar-refractivity contribution in [2.75, 3.05) is 37.7 Å². The summed E-state index contributed by atoms with van der Waals surface area (Å²) in [6.45, 7) is 5.35. The van der Waals surface area contributed by atoms with Crippen molar-refractivity contribution in [2.45, 2.75) is 32.6 Å². The maximum absolute atomic E-state index is 12.0. The third-order valence-corrected chi connectivity index (χ3v) is 6.08. The number of likely N-dealkylation sites (tertiary alicyclic amines) is 1. The minimum atomic E-state index is -3.21. The fraction of sp³-hybridized carbons (Fsp3) is 0.923. The molecule has 0 atom stereocenters. The van der Waals surface area contributed by atoms with Gasteiger partial charge in [-0.3, -0.25) is 4.79 Å². The smallest absolute Gasteiger partial charge is 0.237 e.